The Kier molecular flexibility index (Phi) is 5.57. The number of nitrogens with zero attached hydrogens (tertiary/aromatic N) is 1. The minimum absolute atomic E-state index is 0.264. The Morgan fingerprint density at radius 3 is 2.52 bits per heavy atom. The largest absolute Gasteiger partial charge is 0.497 e. The van der Waals surface area contributed by atoms with Crippen LogP contribution in [-0.2, 0) is 6.54 Å². The molecule has 2 N–H and O–H groups in total. The zero-order valence-corrected chi connectivity index (χ0v) is 12.9. The van der Waals surface area contributed by atoms with Gasteiger partial charge in [0.15, 0.2) is 0 Å². The van der Waals surface area contributed by atoms with E-state index in [1.807, 2.05) is 12.1 Å². The Balaban J connectivity index is 1.95. The lowest BCUT2D eigenvalue weighted by atomic mass is 10.1. The first-order valence-corrected chi connectivity index (χ1v) is 6.94. The standard InChI is InChI=1S/C17H18N2O4/c1-22-15-8-7-14(16(9-15)23-2)11-19-18-10-12-3-5-13(6-4-12)17(20)21/h3-9,11,18H,10H2,1-2H3,(H,20,21)/b19-11+. The van der Waals surface area contributed by atoms with Crippen LogP contribution < -0.4 is 14.9 Å². The van der Waals surface area contributed by atoms with E-state index in [1.54, 1.807) is 50.8 Å². The van der Waals surface area contributed by atoms with Gasteiger partial charge in [-0.15, -0.1) is 0 Å². The second-order valence-electron chi connectivity index (χ2n) is 4.70. The summed E-state index contributed by atoms with van der Waals surface area (Å²) in [6.07, 6.45) is 1.66. The number of benzene rings is 2. The van der Waals surface area contributed by atoms with Crippen LogP contribution in [-0.4, -0.2) is 31.5 Å². The van der Waals surface area contributed by atoms with Gasteiger partial charge in [0.05, 0.1) is 32.5 Å². The van der Waals surface area contributed by atoms with Crippen molar-refractivity contribution in [1.29, 1.82) is 0 Å². The number of hydrogen-bond donors (Lipinski definition) is 2. The predicted octanol–water partition coefficient (Wildman–Crippen LogP) is 2.53. The summed E-state index contributed by atoms with van der Waals surface area (Å²) in [7, 11) is 3.18. The zero-order chi connectivity index (χ0) is 16.7. The molecule has 23 heavy (non-hydrogen) atoms. The molecule has 2 aromatic carbocycles. The molecular formula is C17H18N2O4. The molecule has 0 fully saturated rings. The minimum atomic E-state index is -0.936. The van der Waals surface area contributed by atoms with E-state index in [2.05, 4.69) is 10.5 Å². The molecule has 0 atom stereocenters. The molecule has 2 aromatic rings. The van der Waals surface area contributed by atoms with E-state index in [0.29, 0.717) is 18.0 Å². The molecule has 0 amide bonds. The second kappa shape index (κ2) is 7.84. The highest BCUT2D eigenvalue weighted by molar-refractivity contribution is 5.87. The number of carboxylic acid groups (broad SMARTS) is 1. The highest BCUT2D eigenvalue weighted by Gasteiger charge is 2.03. The lowest BCUT2D eigenvalue weighted by molar-refractivity contribution is 0.0697. The molecule has 0 aliphatic rings. The van der Waals surface area contributed by atoms with Crippen molar-refractivity contribution in [1.82, 2.24) is 5.43 Å². The van der Waals surface area contributed by atoms with Crippen molar-refractivity contribution in [3.63, 3.8) is 0 Å². The molecule has 0 heterocycles. The maximum Gasteiger partial charge on any atom is 0.335 e. The van der Waals surface area contributed by atoms with Crippen molar-refractivity contribution < 1.29 is 19.4 Å². The Labute approximate surface area is 134 Å². The van der Waals surface area contributed by atoms with Gasteiger partial charge in [-0.2, -0.15) is 5.10 Å². The summed E-state index contributed by atoms with van der Waals surface area (Å²) in [5, 5.41) is 13.0. The molecule has 0 unspecified atom stereocenters. The summed E-state index contributed by atoms with van der Waals surface area (Å²) < 4.78 is 10.4. The van der Waals surface area contributed by atoms with Gasteiger partial charge in [0.25, 0.3) is 0 Å². The number of hydrogen-bond acceptors (Lipinski definition) is 5. The van der Waals surface area contributed by atoms with Gasteiger partial charge in [-0.3, -0.25) is 0 Å². The van der Waals surface area contributed by atoms with E-state index in [0.717, 1.165) is 11.1 Å². The van der Waals surface area contributed by atoms with Gasteiger partial charge < -0.3 is 20.0 Å². The molecule has 6 nitrogen and oxygen atoms in total. The van der Waals surface area contributed by atoms with E-state index in [1.165, 1.54) is 0 Å². The SMILES string of the molecule is COc1ccc(/C=N/NCc2ccc(C(=O)O)cc2)c(OC)c1. The van der Waals surface area contributed by atoms with Crippen LogP contribution in [0, 0.1) is 0 Å². The lowest BCUT2D eigenvalue weighted by Gasteiger charge is -2.07. The number of rotatable bonds is 7. The van der Waals surface area contributed by atoms with Crippen molar-refractivity contribution >= 4 is 12.2 Å². The first-order chi connectivity index (χ1) is 11.1. The fourth-order valence-corrected chi connectivity index (χ4v) is 1.94. The van der Waals surface area contributed by atoms with Gasteiger partial charge in [0, 0.05) is 11.6 Å². The Hall–Kier alpha value is -3.02. The molecule has 0 spiro atoms. The normalized spacial score (nSPS) is 10.5. The fraction of sp³-hybridized carbons (Fsp3) is 0.176. The first-order valence-electron chi connectivity index (χ1n) is 6.94. The van der Waals surface area contributed by atoms with Crippen LogP contribution in [0.1, 0.15) is 21.5 Å². The number of aromatic carboxylic acids is 1. The van der Waals surface area contributed by atoms with Crippen molar-refractivity contribution in [2.24, 2.45) is 5.10 Å². The number of carboxylic acids is 1. The van der Waals surface area contributed by atoms with E-state index >= 15 is 0 Å². The molecule has 6 heteroatoms. The van der Waals surface area contributed by atoms with Crippen LogP contribution in [0.5, 0.6) is 11.5 Å². The Morgan fingerprint density at radius 2 is 1.91 bits per heavy atom. The third-order valence-electron chi connectivity index (χ3n) is 3.22. The van der Waals surface area contributed by atoms with Crippen LogP contribution in [0.2, 0.25) is 0 Å². The smallest absolute Gasteiger partial charge is 0.335 e. The average Bonchev–Trinajstić information content (AvgIpc) is 2.59. The van der Waals surface area contributed by atoms with Gasteiger partial charge in [-0.1, -0.05) is 12.1 Å². The molecule has 0 aliphatic heterocycles. The molecule has 0 radical (unpaired) electrons. The van der Waals surface area contributed by atoms with Crippen molar-refractivity contribution in [2.75, 3.05) is 14.2 Å². The quantitative estimate of drug-likeness (QED) is 0.606. The van der Waals surface area contributed by atoms with Gasteiger partial charge in [-0.25, -0.2) is 4.79 Å². The van der Waals surface area contributed by atoms with Crippen LogP contribution in [0.3, 0.4) is 0 Å². The number of methoxy groups -OCH3 is 2. The van der Waals surface area contributed by atoms with Crippen LogP contribution in [0.25, 0.3) is 0 Å². The van der Waals surface area contributed by atoms with Gasteiger partial charge in [0.1, 0.15) is 11.5 Å². The Bertz CT molecular complexity index is 696. The molecule has 0 aliphatic carbocycles. The van der Waals surface area contributed by atoms with Gasteiger partial charge in [-0.05, 0) is 29.8 Å². The third kappa shape index (κ3) is 4.47. The number of nitrogens with one attached hydrogen (secondary N) is 1. The topological polar surface area (TPSA) is 80.2 Å². The molecule has 0 saturated carbocycles. The molecule has 0 bridgehead atoms. The first kappa shape index (κ1) is 16.4. The Morgan fingerprint density at radius 1 is 1.17 bits per heavy atom. The molecular weight excluding hydrogens is 296 g/mol. The average molecular weight is 314 g/mol. The summed E-state index contributed by atoms with van der Waals surface area (Å²) in [4.78, 5) is 10.8. The maximum atomic E-state index is 10.8. The van der Waals surface area contributed by atoms with E-state index < -0.39 is 5.97 Å². The monoisotopic (exact) mass is 314 g/mol. The van der Waals surface area contributed by atoms with Crippen LogP contribution in [0.4, 0.5) is 0 Å². The molecule has 2 rings (SSSR count). The fourth-order valence-electron chi connectivity index (χ4n) is 1.94. The van der Waals surface area contributed by atoms with Crippen molar-refractivity contribution in [3.05, 3.63) is 59.2 Å². The number of ether oxygens (including phenoxy) is 2. The van der Waals surface area contributed by atoms with E-state index in [-0.39, 0.29) is 5.56 Å². The zero-order valence-electron chi connectivity index (χ0n) is 12.9. The van der Waals surface area contributed by atoms with Crippen LogP contribution in [0.15, 0.2) is 47.6 Å². The summed E-state index contributed by atoms with van der Waals surface area (Å²) in [5.74, 6) is 0.445. The second-order valence-corrected chi connectivity index (χ2v) is 4.70. The minimum Gasteiger partial charge on any atom is -0.497 e. The molecule has 0 aromatic heterocycles. The van der Waals surface area contributed by atoms with Gasteiger partial charge in [0.2, 0.25) is 0 Å². The summed E-state index contributed by atoms with van der Waals surface area (Å²) in [6.45, 7) is 0.495. The van der Waals surface area contributed by atoms with Crippen LogP contribution >= 0.6 is 0 Å². The third-order valence-corrected chi connectivity index (χ3v) is 3.22. The number of hydrazone groups is 1. The van der Waals surface area contributed by atoms with E-state index in [4.69, 9.17) is 14.6 Å². The highest BCUT2D eigenvalue weighted by atomic mass is 16.5. The molecule has 120 valence electrons. The molecule has 0 saturated heterocycles. The summed E-state index contributed by atoms with van der Waals surface area (Å²) >= 11 is 0. The predicted molar refractivity (Wildman–Crippen MR) is 87.4 cm³/mol. The number of carbonyl (C=O) groups is 1. The van der Waals surface area contributed by atoms with Crippen molar-refractivity contribution in [2.45, 2.75) is 6.54 Å². The summed E-state index contributed by atoms with van der Waals surface area (Å²) in [5.41, 5.74) is 4.94. The van der Waals surface area contributed by atoms with Gasteiger partial charge >= 0.3 is 5.97 Å². The van der Waals surface area contributed by atoms with Crippen molar-refractivity contribution in [3.8, 4) is 11.5 Å². The van der Waals surface area contributed by atoms with E-state index in [9.17, 15) is 4.79 Å². The maximum absolute atomic E-state index is 10.8. The highest BCUT2D eigenvalue weighted by Crippen LogP contribution is 2.22. The summed E-state index contributed by atoms with van der Waals surface area (Å²) in [6, 6.07) is 12.1. The lowest BCUT2D eigenvalue weighted by Crippen LogP contribution is -2.06.